The van der Waals surface area contributed by atoms with E-state index in [-0.39, 0.29) is 5.97 Å². The Labute approximate surface area is 143 Å². The van der Waals surface area contributed by atoms with Crippen LogP contribution in [0.25, 0.3) is 0 Å². The summed E-state index contributed by atoms with van der Waals surface area (Å²) >= 11 is 5.92. The van der Waals surface area contributed by atoms with Gasteiger partial charge in [-0.05, 0) is 61.4 Å². The first-order valence-corrected chi connectivity index (χ1v) is 8.30. The summed E-state index contributed by atoms with van der Waals surface area (Å²) < 4.78 is 4.85. The van der Waals surface area contributed by atoms with Crippen LogP contribution < -0.4 is 5.32 Å². The summed E-state index contributed by atoms with van der Waals surface area (Å²) in [6, 6.07) is 7.40. The van der Waals surface area contributed by atoms with E-state index < -0.39 is 0 Å². The van der Waals surface area contributed by atoms with E-state index in [1.165, 1.54) is 13.5 Å². The molecule has 3 nitrogen and oxygen atoms in total. The summed E-state index contributed by atoms with van der Waals surface area (Å²) in [7, 11) is 1.39. The van der Waals surface area contributed by atoms with Crippen molar-refractivity contribution < 1.29 is 9.53 Å². The van der Waals surface area contributed by atoms with Gasteiger partial charge in [-0.2, -0.15) is 0 Å². The highest BCUT2D eigenvalue weighted by Gasteiger charge is 2.32. The molecular formula is C19H24ClNO2. The van der Waals surface area contributed by atoms with Crippen molar-refractivity contribution in [2.75, 3.05) is 12.4 Å². The smallest absolute Gasteiger partial charge is 0.335 e. The first-order chi connectivity index (χ1) is 10.9. The van der Waals surface area contributed by atoms with Crippen molar-refractivity contribution >= 4 is 23.3 Å². The Hall–Kier alpha value is -1.74. The van der Waals surface area contributed by atoms with Crippen LogP contribution in [0.2, 0.25) is 5.02 Å². The highest BCUT2D eigenvalue weighted by molar-refractivity contribution is 6.30. The lowest BCUT2D eigenvalue weighted by molar-refractivity contribution is -0.136. The lowest BCUT2D eigenvalue weighted by Gasteiger charge is -2.39. The topological polar surface area (TPSA) is 38.3 Å². The van der Waals surface area contributed by atoms with E-state index in [0.29, 0.717) is 28.3 Å². The maximum atomic E-state index is 11.9. The molecule has 2 atom stereocenters. The quantitative estimate of drug-likeness (QED) is 0.465. The molecule has 124 valence electrons. The largest absolute Gasteiger partial charge is 0.466 e. The van der Waals surface area contributed by atoms with Gasteiger partial charge in [0.05, 0.1) is 12.7 Å². The second-order valence-electron chi connectivity index (χ2n) is 6.29. The molecule has 2 rings (SSSR count). The molecule has 0 spiro atoms. The molecule has 2 unspecified atom stereocenters. The molecule has 1 fully saturated rings. The van der Waals surface area contributed by atoms with Gasteiger partial charge in [-0.25, -0.2) is 4.79 Å². The fraction of sp³-hybridized carbons (Fsp3) is 0.421. The SMILES string of the molecule is COC(=O)/C(C)=C(/C=C\C1C(C)CC1C)Nc1ccc(Cl)cc1. The van der Waals surface area contributed by atoms with Crippen molar-refractivity contribution in [1.82, 2.24) is 0 Å². The minimum absolute atomic E-state index is 0.333. The van der Waals surface area contributed by atoms with E-state index in [9.17, 15) is 4.79 Å². The molecule has 0 amide bonds. The predicted molar refractivity (Wildman–Crippen MR) is 95.4 cm³/mol. The van der Waals surface area contributed by atoms with Crippen LogP contribution in [-0.4, -0.2) is 13.1 Å². The van der Waals surface area contributed by atoms with Gasteiger partial charge in [0.1, 0.15) is 0 Å². The number of nitrogens with one attached hydrogen (secondary N) is 1. The lowest BCUT2D eigenvalue weighted by Crippen LogP contribution is -2.31. The molecule has 1 N–H and O–H groups in total. The highest BCUT2D eigenvalue weighted by Crippen LogP contribution is 2.40. The number of rotatable bonds is 5. The summed E-state index contributed by atoms with van der Waals surface area (Å²) in [4.78, 5) is 11.9. The maximum absolute atomic E-state index is 11.9. The van der Waals surface area contributed by atoms with Gasteiger partial charge in [0.2, 0.25) is 0 Å². The second-order valence-corrected chi connectivity index (χ2v) is 6.73. The summed E-state index contributed by atoms with van der Waals surface area (Å²) in [6.45, 7) is 6.29. The van der Waals surface area contributed by atoms with Crippen LogP contribution in [0.5, 0.6) is 0 Å². The van der Waals surface area contributed by atoms with Crippen LogP contribution in [0.1, 0.15) is 27.2 Å². The summed E-state index contributed by atoms with van der Waals surface area (Å²) in [5, 5.41) is 3.97. The molecule has 1 aromatic carbocycles. The number of carbonyl (C=O) groups excluding carboxylic acids is 1. The van der Waals surface area contributed by atoms with Crippen LogP contribution in [0.15, 0.2) is 47.7 Å². The minimum Gasteiger partial charge on any atom is -0.466 e. The average molecular weight is 334 g/mol. The van der Waals surface area contributed by atoms with Crippen LogP contribution in [-0.2, 0) is 9.53 Å². The molecule has 1 saturated carbocycles. The zero-order chi connectivity index (χ0) is 17.0. The average Bonchev–Trinajstić information content (AvgIpc) is 2.54. The third kappa shape index (κ3) is 4.38. The fourth-order valence-corrected chi connectivity index (χ4v) is 3.19. The van der Waals surface area contributed by atoms with Gasteiger partial charge in [-0.15, -0.1) is 0 Å². The Morgan fingerprint density at radius 1 is 1.26 bits per heavy atom. The molecule has 1 aliphatic rings. The Kier molecular flexibility index (Phi) is 5.89. The molecule has 23 heavy (non-hydrogen) atoms. The highest BCUT2D eigenvalue weighted by atomic mass is 35.5. The minimum atomic E-state index is -0.333. The van der Waals surface area contributed by atoms with Crippen molar-refractivity contribution in [2.45, 2.75) is 27.2 Å². The number of hydrogen-bond acceptors (Lipinski definition) is 3. The molecule has 0 heterocycles. The number of esters is 1. The standard InChI is InChI=1S/C19H24ClNO2/c1-12-11-13(2)17(12)9-10-18(14(3)19(22)23-4)21-16-7-5-15(20)6-8-16/h5-10,12-13,17,21H,11H2,1-4H3/b10-9-,18-14-. The molecule has 0 aromatic heterocycles. The van der Waals surface area contributed by atoms with Crippen LogP contribution in [0.3, 0.4) is 0 Å². The normalized spacial score (nSPS) is 24.8. The lowest BCUT2D eigenvalue weighted by atomic mass is 9.66. The van der Waals surface area contributed by atoms with Gasteiger partial charge in [0, 0.05) is 16.4 Å². The van der Waals surface area contributed by atoms with Gasteiger partial charge in [0.15, 0.2) is 0 Å². The first kappa shape index (κ1) is 17.6. The summed E-state index contributed by atoms with van der Waals surface area (Å²) in [5.74, 6) is 1.61. The van der Waals surface area contributed by atoms with Gasteiger partial charge < -0.3 is 10.1 Å². The van der Waals surface area contributed by atoms with E-state index in [4.69, 9.17) is 16.3 Å². The second kappa shape index (κ2) is 7.69. The van der Waals surface area contributed by atoms with E-state index in [1.54, 1.807) is 6.92 Å². The third-order valence-electron chi connectivity index (χ3n) is 4.56. The van der Waals surface area contributed by atoms with Crippen molar-refractivity contribution in [2.24, 2.45) is 17.8 Å². The molecule has 0 bridgehead atoms. The van der Waals surface area contributed by atoms with Crippen molar-refractivity contribution in [3.05, 3.63) is 52.7 Å². The van der Waals surface area contributed by atoms with E-state index >= 15 is 0 Å². The number of halogens is 1. The monoisotopic (exact) mass is 333 g/mol. The van der Waals surface area contributed by atoms with Gasteiger partial charge in [-0.3, -0.25) is 0 Å². The Morgan fingerprint density at radius 3 is 2.39 bits per heavy atom. The Bertz CT molecular complexity index is 611. The Morgan fingerprint density at radius 2 is 1.87 bits per heavy atom. The first-order valence-electron chi connectivity index (χ1n) is 7.92. The number of hydrogen-bond donors (Lipinski definition) is 1. The van der Waals surface area contributed by atoms with Crippen LogP contribution in [0, 0.1) is 17.8 Å². The van der Waals surface area contributed by atoms with E-state index in [1.807, 2.05) is 30.3 Å². The van der Waals surface area contributed by atoms with E-state index in [0.717, 1.165) is 11.4 Å². The number of benzene rings is 1. The van der Waals surface area contributed by atoms with Crippen LogP contribution >= 0.6 is 11.6 Å². The van der Waals surface area contributed by atoms with Crippen molar-refractivity contribution in [3.8, 4) is 0 Å². The van der Waals surface area contributed by atoms with E-state index in [2.05, 4.69) is 25.2 Å². The maximum Gasteiger partial charge on any atom is 0.335 e. The Balaban J connectivity index is 2.23. The van der Waals surface area contributed by atoms with Crippen LogP contribution in [0.4, 0.5) is 5.69 Å². The molecule has 0 saturated heterocycles. The number of carbonyl (C=O) groups is 1. The molecule has 1 aliphatic carbocycles. The number of methoxy groups -OCH3 is 1. The zero-order valence-electron chi connectivity index (χ0n) is 14.1. The van der Waals surface area contributed by atoms with Gasteiger partial charge in [-0.1, -0.05) is 31.5 Å². The fourth-order valence-electron chi connectivity index (χ4n) is 3.06. The molecule has 4 heteroatoms. The predicted octanol–water partition coefficient (Wildman–Crippen LogP) is 5.05. The molecular weight excluding hydrogens is 310 g/mol. The number of anilines is 1. The molecule has 0 radical (unpaired) electrons. The van der Waals surface area contributed by atoms with Crippen molar-refractivity contribution in [1.29, 1.82) is 0 Å². The van der Waals surface area contributed by atoms with Gasteiger partial charge >= 0.3 is 5.97 Å². The zero-order valence-corrected chi connectivity index (χ0v) is 14.9. The van der Waals surface area contributed by atoms with Gasteiger partial charge in [0.25, 0.3) is 0 Å². The number of ether oxygens (including phenoxy) is 1. The molecule has 1 aromatic rings. The summed E-state index contributed by atoms with van der Waals surface area (Å²) in [6.07, 6.45) is 5.45. The van der Waals surface area contributed by atoms with Crippen molar-refractivity contribution in [3.63, 3.8) is 0 Å². The molecule has 0 aliphatic heterocycles. The third-order valence-corrected chi connectivity index (χ3v) is 4.81. The number of allylic oxidation sites excluding steroid dienone is 2. The summed E-state index contributed by atoms with van der Waals surface area (Å²) in [5.41, 5.74) is 2.19.